The van der Waals surface area contributed by atoms with Crippen molar-refractivity contribution in [1.82, 2.24) is 28.7 Å². The minimum absolute atomic E-state index is 0.599. The normalized spacial score (nSPS) is 14.7. The molecule has 8 nitrogen and oxygen atoms in total. The summed E-state index contributed by atoms with van der Waals surface area (Å²) in [5.41, 5.74) is 14.6. The second kappa shape index (κ2) is 13.1. The third kappa shape index (κ3) is 4.61. The Balaban J connectivity index is 1.08. The molecule has 1 spiro atoms. The topological polar surface area (TPSA) is 67.1 Å². The molecule has 7 heterocycles. The van der Waals surface area contributed by atoms with E-state index in [9.17, 15) is 0 Å². The van der Waals surface area contributed by atoms with Gasteiger partial charge in [-0.3, -0.25) is 15.0 Å². The lowest BCUT2D eigenvalue weighted by Gasteiger charge is -2.40. The maximum atomic E-state index is 7.92. The van der Waals surface area contributed by atoms with Crippen LogP contribution in [0.4, 0.5) is 5.69 Å². The van der Waals surface area contributed by atoms with Crippen molar-refractivity contribution in [3.63, 3.8) is 0 Å². The van der Waals surface area contributed by atoms with Crippen LogP contribution in [0.25, 0.3) is 98.7 Å². The summed E-state index contributed by atoms with van der Waals surface area (Å²) in [5.74, 6) is 1.48. The lowest BCUT2D eigenvalue weighted by molar-refractivity contribution is 0.435. The van der Waals surface area contributed by atoms with Gasteiger partial charge in [-0.05, 0) is 83.7 Å². The van der Waals surface area contributed by atoms with Gasteiger partial charge in [-0.15, -0.1) is 0 Å². The summed E-state index contributed by atoms with van der Waals surface area (Å²) in [6.07, 6.45) is 7.68. The minimum atomic E-state index is -0.963. The predicted octanol–water partition coefficient (Wildman–Crippen LogP) is 14.2. The lowest BCUT2D eigenvalue weighted by atomic mass is 9.65. The van der Waals surface area contributed by atoms with Gasteiger partial charge in [0.2, 0.25) is 0 Å². The van der Waals surface area contributed by atoms with Crippen LogP contribution in [-0.2, 0) is 5.41 Å². The summed E-state index contributed by atoms with van der Waals surface area (Å²) >= 11 is 0. The summed E-state index contributed by atoms with van der Waals surface area (Å²) < 4.78 is 14.3. The van der Waals surface area contributed by atoms with E-state index in [1.165, 1.54) is 10.8 Å². The average molecular weight is 856 g/mol. The first-order valence-electron chi connectivity index (χ1n) is 22.4. The van der Waals surface area contributed by atoms with E-state index in [2.05, 4.69) is 181 Å². The standard InChI is InChI=1S/C59H33N7O/c1-60-35-23-26-51-43(30-35)41-15-5-9-20-50(41)66(51)52-21-10-22-54-56(52)59(44-25-24-36(32-55(44)67-54)64-47-17-6-4-14-40(47)42-27-29-61-34-53(42)64)45-16-11-28-62-57(45)58-46(59)31-37(33-63-58)65-48-18-7-2-12-38(48)39-13-3-8-19-49(39)65/h2-34H. The van der Waals surface area contributed by atoms with Crippen molar-refractivity contribution in [1.29, 1.82) is 0 Å². The van der Waals surface area contributed by atoms with Crippen LogP contribution in [0.15, 0.2) is 201 Å². The Morgan fingerprint density at radius 2 is 1.07 bits per heavy atom. The molecule has 2 aliphatic rings. The average Bonchev–Trinajstić information content (AvgIpc) is 4.10. The summed E-state index contributed by atoms with van der Waals surface area (Å²) in [7, 11) is 0. The molecule has 67 heavy (non-hydrogen) atoms. The van der Waals surface area contributed by atoms with E-state index in [1.807, 2.05) is 43.0 Å². The zero-order valence-corrected chi connectivity index (χ0v) is 35.6. The third-order valence-electron chi connectivity index (χ3n) is 14.3. The molecule has 6 aromatic heterocycles. The first-order chi connectivity index (χ1) is 33.2. The SMILES string of the molecule is [C-]#[N+]c1ccc2c(c1)c1ccccc1n2-c1cccc2c1C1(c3ccc(-n4c5ccccc5c5ccncc54)cc3O2)c2cccnc2-c2ncc(-n3c4ccccc4c4ccccc43)cc21. The molecule has 1 unspecified atom stereocenters. The monoisotopic (exact) mass is 855 g/mol. The molecule has 8 heteroatoms. The van der Waals surface area contributed by atoms with Crippen molar-refractivity contribution in [2.45, 2.75) is 5.41 Å². The molecule has 310 valence electrons. The second-order valence-corrected chi connectivity index (χ2v) is 17.5. The molecular formula is C59H33N7O. The van der Waals surface area contributed by atoms with Crippen molar-refractivity contribution >= 4 is 71.1 Å². The summed E-state index contributed by atoms with van der Waals surface area (Å²) in [6, 6.07) is 62.0. The summed E-state index contributed by atoms with van der Waals surface area (Å²) in [4.78, 5) is 19.0. The molecular weight excluding hydrogens is 823 g/mol. The fourth-order valence-electron chi connectivity index (χ4n) is 11.7. The molecule has 0 saturated heterocycles. The predicted molar refractivity (Wildman–Crippen MR) is 266 cm³/mol. The van der Waals surface area contributed by atoms with E-state index in [1.54, 1.807) is 0 Å². The molecule has 7 aromatic carbocycles. The Morgan fingerprint density at radius 1 is 0.433 bits per heavy atom. The van der Waals surface area contributed by atoms with E-state index >= 15 is 0 Å². The molecule has 1 atom stereocenters. The largest absolute Gasteiger partial charge is 0.457 e. The Hall–Kier alpha value is -9.32. The maximum Gasteiger partial charge on any atom is 0.188 e. The first kappa shape index (κ1) is 36.1. The van der Waals surface area contributed by atoms with Gasteiger partial charge in [0.25, 0.3) is 0 Å². The number of benzene rings is 7. The van der Waals surface area contributed by atoms with Crippen LogP contribution in [0, 0.1) is 6.57 Å². The van der Waals surface area contributed by atoms with E-state index in [0.717, 1.165) is 117 Å². The van der Waals surface area contributed by atoms with Crippen LogP contribution < -0.4 is 4.74 Å². The van der Waals surface area contributed by atoms with Gasteiger partial charge in [0, 0.05) is 67.8 Å². The summed E-state index contributed by atoms with van der Waals surface area (Å²) in [5, 5.41) is 6.75. The number of aromatic nitrogens is 6. The smallest absolute Gasteiger partial charge is 0.188 e. The molecule has 0 N–H and O–H groups in total. The fourth-order valence-corrected chi connectivity index (χ4v) is 11.7. The molecule has 1 aliphatic carbocycles. The third-order valence-corrected chi connectivity index (χ3v) is 14.3. The van der Waals surface area contributed by atoms with Gasteiger partial charge in [0.1, 0.15) is 11.5 Å². The molecule has 0 amide bonds. The minimum Gasteiger partial charge on any atom is -0.457 e. The van der Waals surface area contributed by atoms with E-state index in [4.69, 9.17) is 21.3 Å². The van der Waals surface area contributed by atoms with Gasteiger partial charge in [0.15, 0.2) is 5.69 Å². The highest BCUT2D eigenvalue weighted by molar-refractivity contribution is 6.12. The Bertz CT molecular complexity index is 4250. The Morgan fingerprint density at radius 3 is 1.81 bits per heavy atom. The zero-order valence-electron chi connectivity index (χ0n) is 35.6. The van der Waals surface area contributed by atoms with Crippen LogP contribution in [-0.4, -0.2) is 28.7 Å². The molecule has 0 bridgehead atoms. The van der Waals surface area contributed by atoms with Crippen LogP contribution in [0.3, 0.4) is 0 Å². The number of hydrogen-bond donors (Lipinski definition) is 0. The fraction of sp³-hybridized carbons (Fsp3) is 0.0169. The van der Waals surface area contributed by atoms with E-state index in [-0.39, 0.29) is 0 Å². The Kier molecular flexibility index (Phi) is 7.07. The van der Waals surface area contributed by atoms with Gasteiger partial charge >= 0.3 is 0 Å². The number of nitrogens with zero attached hydrogens (tertiary/aromatic N) is 7. The molecule has 0 radical (unpaired) electrons. The van der Waals surface area contributed by atoms with Gasteiger partial charge in [-0.1, -0.05) is 97.1 Å². The lowest BCUT2D eigenvalue weighted by Crippen LogP contribution is -2.34. The van der Waals surface area contributed by atoms with Crippen molar-refractivity contribution in [3.8, 4) is 39.9 Å². The van der Waals surface area contributed by atoms with Gasteiger partial charge < -0.3 is 18.4 Å². The number of fused-ring (bicyclic) bond motifs is 18. The van der Waals surface area contributed by atoms with Crippen molar-refractivity contribution < 1.29 is 4.74 Å². The summed E-state index contributed by atoms with van der Waals surface area (Å²) in [6.45, 7) is 7.92. The van der Waals surface area contributed by atoms with Gasteiger partial charge in [-0.25, -0.2) is 4.85 Å². The highest BCUT2D eigenvalue weighted by atomic mass is 16.5. The van der Waals surface area contributed by atoms with Gasteiger partial charge in [-0.2, -0.15) is 0 Å². The van der Waals surface area contributed by atoms with E-state index < -0.39 is 5.41 Å². The molecule has 15 rings (SSSR count). The second-order valence-electron chi connectivity index (χ2n) is 17.5. The van der Waals surface area contributed by atoms with Crippen LogP contribution in [0.5, 0.6) is 11.5 Å². The number of rotatable bonds is 3. The Labute approximate surface area is 382 Å². The van der Waals surface area contributed by atoms with Crippen LogP contribution in [0.1, 0.15) is 22.3 Å². The quantitative estimate of drug-likeness (QED) is 0.166. The number of ether oxygens (including phenoxy) is 1. The van der Waals surface area contributed by atoms with E-state index in [0.29, 0.717) is 5.69 Å². The van der Waals surface area contributed by atoms with Crippen molar-refractivity contribution in [2.24, 2.45) is 0 Å². The molecule has 1 aliphatic heterocycles. The van der Waals surface area contributed by atoms with Gasteiger partial charge in [0.05, 0.1) is 80.2 Å². The molecule has 0 fully saturated rings. The maximum absolute atomic E-state index is 7.92. The first-order valence-corrected chi connectivity index (χ1v) is 22.4. The number of para-hydroxylation sites is 4. The van der Waals surface area contributed by atoms with Crippen LogP contribution in [0.2, 0.25) is 0 Å². The van der Waals surface area contributed by atoms with Crippen LogP contribution >= 0.6 is 0 Å². The highest BCUT2D eigenvalue weighted by Crippen LogP contribution is 2.63. The molecule has 0 saturated carbocycles. The zero-order chi connectivity index (χ0) is 44.0. The highest BCUT2D eigenvalue weighted by Gasteiger charge is 2.54. The molecule has 13 aromatic rings. The number of hydrogen-bond acceptors (Lipinski definition) is 4. The van der Waals surface area contributed by atoms with Crippen molar-refractivity contribution in [3.05, 3.63) is 234 Å². The number of pyridine rings is 3. The van der Waals surface area contributed by atoms with Crippen molar-refractivity contribution in [2.75, 3.05) is 0 Å².